The van der Waals surface area contributed by atoms with Crippen molar-refractivity contribution in [2.24, 2.45) is 0 Å². The fourth-order valence-electron chi connectivity index (χ4n) is 2.11. The predicted octanol–water partition coefficient (Wildman–Crippen LogP) is 2.77. The molecule has 2 aromatic carbocycles. The lowest BCUT2D eigenvalue weighted by Crippen LogP contribution is -2.30. The molecule has 1 aromatic heterocycles. The van der Waals surface area contributed by atoms with Gasteiger partial charge in [-0.15, -0.1) is 0 Å². The Morgan fingerprint density at radius 3 is 2.19 bits per heavy atom. The molecule has 0 amide bonds. The minimum absolute atomic E-state index is 0.275. The van der Waals surface area contributed by atoms with Crippen molar-refractivity contribution >= 4 is 0 Å². The van der Waals surface area contributed by atoms with Gasteiger partial charge >= 0.3 is 5.76 Å². The molecule has 0 bridgehead atoms. The highest BCUT2D eigenvalue weighted by atomic mass is 16.4. The van der Waals surface area contributed by atoms with E-state index in [0.29, 0.717) is 11.3 Å². The second-order valence-corrected chi connectivity index (χ2v) is 4.75. The first-order valence-electron chi connectivity index (χ1n) is 6.55. The molecule has 3 rings (SSSR count). The first kappa shape index (κ1) is 13.1. The highest BCUT2D eigenvalue weighted by Crippen LogP contribution is 2.17. The van der Waals surface area contributed by atoms with Crippen molar-refractivity contribution in [1.29, 1.82) is 0 Å². The van der Waals surface area contributed by atoms with Gasteiger partial charge in [0.1, 0.15) is 5.76 Å². The Bertz CT molecular complexity index is 843. The molecule has 0 aliphatic rings. The lowest BCUT2D eigenvalue weighted by molar-refractivity contribution is 0.472. The van der Waals surface area contributed by atoms with Crippen LogP contribution in [-0.4, -0.2) is 4.57 Å². The molecule has 0 atom stereocenters. The number of aryl methyl sites for hydroxylation is 1. The minimum Gasteiger partial charge on any atom is -0.409 e. The van der Waals surface area contributed by atoms with E-state index < -0.39 is 11.3 Å². The van der Waals surface area contributed by atoms with Crippen molar-refractivity contribution < 1.29 is 4.42 Å². The Balaban J connectivity index is 2.15. The van der Waals surface area contributed by atoms with Crippen molar-refractivity contribution in [2.45, 2.75) is 6.92 Å². The molecule has 0 fully saturated rings. The lowest BCUT2D eigenvalue weighted by Gasteiger charge is -2.05. The first-order valence-corrected chi connectivity index (χ1v) is 6.55. The van der Waals surface area contributed by atoms with Crippen LogP contribution in [0.1, 0.15) is 5.56 Å². The highest BCUT2D eigenvalue weighted by Gasteiger charge is 2.09. The van der Waals surface area contributed by atoms with Crippen molar-refractivity contribution in [3.8, 4) is 17.0 Å². The average Bonchev–Trinajstić information content (AvgIpc) is 2.48. The standard InChI is InChI=1S/C17H13NO3/c1-12-7-9-13(10-8-12)15-11-16(19)18(17(20)21-15)14-5-3-2-4-6-14/h2-11H,1H3. The molecular formula is C17H13NO3. The van der Waals surface area contributed by atoms with Gasteiger partial charge < -0.3 is 4.42 Å². The molecule has 0 unspecified atom stereocenters. The molecule has 1 heterocycles. The summed E-state index contributed by atoms with van der Waals surface area (Å²) in [4.78, 5) is 24.3. The largest absolute Gasteiger partial charge is 0.426 e. The zero-order valence-corrected chi connectivity index (χ0v) is 11.4. The molecule has 0 saturated carbocycles. The summed E-state index contributed by atoms with van der Waals surface area (Å²) in [6.07, 6.45) is 0. The van der Waals surface area contributed by atoms with Crippen LogP contribution in [0.3, 0.4) is 0 Å². The summed E-state index contributed by atoms with van der Waals surface area (Å²) in [5.74, 6) is -0.415. The number of benzene rings is 2. The van der Waals surface area contributed by atoms with Crippen LogP contribution in [0.25, 0.3) is 17.0 Å². The molecule has 0 aliphatic carbocycles. The monoisotopic (exact) mass is 279 g/mol. The number of hydrogen-bond donors (Lipinski definition) is 0. The predicted molar refractivity (Wildman–Crippen MR) is 80.7 cm³/mol. The van der Waals surface area contributed by atoms with Gasteiger partial charge in [-0.25, -0.2) is 9.36 Å². The Morgan fingerprint density at radius 1 is 0.905 bits per heavy atom. The van der Waals surface area contributed by atoms with Crippen LogP contribution in [0.2, 0.25) is 0 Å². The SMILES string of the molecule is Cc1ccc(-c2cc(=O)n(-c3ccccc3)c(=O)o2)cc1. The van der Waals surface area contributed by atoms with E-state index >= 15 is 0 Å². The quantitative estimate of drug-likeness (QED) is 0.724. The van der Waals surface area contributed by atoms with Crippen LogP contribution in [0.4, 0.5) is 0 Å². The third-order valence-electron chi connectivity index (χ3n) is 3.21. The van der Waals surface area contributed by atoms with Crippen LogP contribution in [0.5, 0.6) is 0 Å². The van der Waals surface area contributed by atoms with Crippen LogP contribution in [0, 0.1) is 6.92 Å². The molecule has 0 aliphatic heterocycles. The molecule has 0 radical (unpaired) electrons. The van der Waals surface area contributed by atoms with Gasteiger partial charge in [0, 0.05) is 11.6 Å². The maximum atomic E-state index is 12.2. The molecular weight excluding hydrogens is 266 g/mol. The summed E-state index contributed by atoms with van der Waals surface area (Å²) in [7, 11) is 0. The summed E-state index contributed by atoms with van der Waals surface area (Å²) < 4.78 is 6.29. The maximum Gasteiger partial charge on any atom is 0.426 e. The van der Waals surface area contributed by atoms with Crippen molar-refractivity contribution in [3.63, 3.8) is 0 Å². The summed E-state index contributed by atoms with van der Waals surface area (Å²) in [6, 6.07) is 17.5. The van der Waals surface area contributed by atoms with E-state index in [9.17, 15) is 9.59 Å². The zero-order valence-electron chi connectivity index (χ0n) is 11.4. The van der Waals surface area contributed by atoms with E-state index in [1.54, 1.807) is 24.3 Å². The molecule has 21 heavy (non-hydrogen) atoms. The topological polar surface area (TPSA) is 52.2 Å². The molecule has 104 valence electrons. The number of para-hydroxylation sites is 1. The van der Waals surface area contributed by atoms with Crippen LogP contribution in [-0.2, 0) is 0 Å². The van der Waals surface area contributed by atoms with Crippen LogP contribution >= 0.6 is 0 Å². The molecule has 3 aromatic rings. The van der Waals surface area contributed by atoms with Gasteiger partial charge in [-0.1, -0.05) is 48.0 Å². The molecule has 4 heteroatoms. The third kappa shape index (κ3) is 2.56. The van der Waals surface area contributed by atoms with Gasteiger partial charge in [-0.2, -0.15) is 0 Å². The smallest absolute Gasteiger partial charge is 0.409 e. The van der Waals surface area contributed by atoms with Gasteiger partial charge in [0.25, 0.3) is 5.56 Å². The van der Waals surface area contributed by atoms with Gasteiger partial charge in [0.15, 0.2) is 0 Å². The minimum atomic E-state index is -0.690. The number of aromatic nitrogens is 1. The van der Waals surface area contributed by atoms with Crippen LogP contribution in [0.15, 0.2) is 74.7 Å². The van der Waals surface area contributed by atoms with E-state index in [1.807, 2.05) is 37.3 Å². The summed E-state index contributed by atoms with van der Waals surface area (Å²) in [5.41, 5.74) is 1.88. The Kier molecular flexibility index (Phi) is 3.28. The zero-order chi connectivity index (χ0) is 14.8. The third-order valence-corrected chi connectivity index (χ3v) is 3.21. The summed E-state index contributed by atoms with van der Waals surface area (Å²) in [6.45, 7) is 1.97. The molecule has 4 nitrogen and oxygen atoms in total. The lowest BCUT2D eigenvalue weighted by atomic mass is 10.1. The van der Waals surface area contributed by atoms with Crippen molar-refractivity contribution in [3.05, 3.63) is 87.1 Å². The summed E-state index contributed by atoms with van der Waals surface area (Å²) >= 11 is 0. The normalized spacial score (nSPS) is 10.5. The highest BCUT2D eigenvalue weighted by molar-refractivity contribution is 5.56. The van der Waals surface area contributed by atoms with E-state index in [-0.39, 0.29) is 5.76 Å². The Morgan fingerprint density at radius 2 is 1.57 bits per heavy atom. The van der Waals surface area contributed by atoms with E-state index in [4.69, 9.17) is 4.42 Å². The van der Waals surface area contributed by atoms with Crippen LogP contribution < -0.4 is 11.3 Å². The van der Waals surface area contributed by atoms with Crippen molar-refractivity contribution in [2.75, 3.05) is 0 Å². The van der Waals surface area contributed by atoms with E-state index in [0.717, 1.165) is 10.1 Å². The fourth-order valence-corrected chi connectivity index (χ4v) is 2.11. The molecule has 0 N–H and O–H groups in total. The maximum absolute atomic E-state index is 12.2. The Hall–Kier alpha value is -2.88. The summed E-state index contributed by atoms with van der Waals surface area (Å²) in [5, 5.41) is 0. The average molecular weight is 279 g/mol. The number of rotatable bonds is 2. The fraction of sp³-hybridized carbons (Fsp3) is 0.0588. The van der Waals surface area contributed by atoms with E-state index in [1.165, 1.54) is 6.07 Å². The van der Waals surface area contributed by atoms with Gasteiger partial charge in [-0.05, 0) is 19.1 Å². The van der Waals surface area contributed by atoms with Crippen molar-refractivity contribution in [1.82, 2.24) is 4.57 Å². The second-order valence-electron chi connectivity index (χ2n) is 4.75. The second kappa shape index (κ2) is 5.25. The molecule has 0 saturated heterocycles. The van der Waals surface area contributed by atoms with Gasteiger partial charge in [-0.3, -0.25) is 4.79 Å². The number of nitrogens with zero attached hydrogens (tertiary/aromatic N) is 1. The van der Waals surface area contributed by atoms with Gasteiger partial charge in [0.2, 0.25) is 0 Å². The first-order chi connectivity index (χ1) is 10.1. The molecule has 0 spiro atoms. The Labute approximate surface area is 120 Å². The van der Waals surface area contributed by atoms with Gasteiger partial charge in [0.05, 0.1) is 5.69 Å². The van der Waals surface area contributed by atoms with E-state index in [2.05, 4.69) is 0 Å². The number of hydrogen-bond acceptors (Lipinski definition) is 3.